The maximum atomic E-state index is 12.7. The van der Waals surface area contributed by atoms with Gasteiger partial charge in [0.05, 0.1) is 0 Å². The maximum Gasteiger partial charge on any atom is 0.245 e. The topological polar surface area (TPSA) is 32.3 Å². The van der Waals surface area contributed by atoms with E-state index in [2.05, 4.69) is 35.8 Å². The average Bonchev–Trinajstić information content (AvgIpc) is 3.01. The summed E-state index contributed by atoms with van der Waals surface area (Å²) in [5, 5.41) is 5.46. The van der Waals surface area contributed by atoms with Crippen molar-refractivity contribution in [2.24, 2.45) is 0 Å². The molecule has 4 heteroatoms. The minimum Gasteiger partial charge on any atom is -0.374 e. The van der Waals surface area contributed by atoms with Gasteiger partial charge in [-0.3, -0.25) is 4.79 Å². The van der Waals surface area contributed by atoms with Gasteiger partial charge in [-0.05, 0) is 54.5 Å². The number of carbonyl (C=O) groups excluding carboxylic acids is 1. The van der Waals surface area contributed by atoms with Crippen LogP contribution in [0.4, 0.5) is 5.69 Å². The molecule has 0 fully saturated rings. The molecule has 0 saturated heterocycles. The lowest BCUT2D eigenvalue weighted by atomic mass is 10.1. The molecule has 3 rings (SSSR count). The summed E-state index contributed by atoms with van der Waals surface area (Å²) in [4.78, 5) is 16.1. The Morgan fingerprint density at radius 1 is 1.41 bits per heavy atom. The largest absolute Gasteiger partial charge is 0.374 e. The Morgan fingerprint density at radius 2 is 2.27 bits per heavy atom. The first-order valence-electron chi connectivity index (χ1n) is 7.87. The molecule has 1 atom stereocenters. The van der Waals surface area contributed by atoms with Crippen molar-refractivity contribution in [3.63, 3.8) is 0 Å². The van der Waals surface area contributed by atoms with Crippen molar-refractivity contribution in [2.75, 3.05) is 11.9 Å². The third-order valence-electron chi connectivity index (χ3n) is 4.21. The van der Waals surface area contributed by atoms with Crippen LogP contribution in [0.1, 0.15) is 29.9 Å². The number of aryl methyl sites for hydroxylation is 1. The second-order valence-electron chi connectivity index (χ2n) is 5.80. The first-order chi connectivity index (χ1) is 10.7. The second kappa shape index (κ2) is 6.53. The molecule has 1 unspecified atom stereocenters. The van der Waals surface area contributed by atoms with E-state index in [-0.39, 0.29) is 11.9 Å². The number of anilines is 1. The van der Waals surface area contributed by atoms with Crippen molar-refractivity contribution in [2.45, 2.75) is 39.3 Å². The highest BCUT2D eigenvalue weighted by Gasteiger charge is 2.25. The van der Waals surface area contributed by atoms with Crippen molar-refractivity contribution in [1.82, 2.24) is 4.90 Å². The van der Waals surface area contributed by atoms with Crippen molar-refractivity contribution in [3.8, 4) is 0 Å². The van der Waals surface area contributed by atoms with Crippen molar-refractivity contribution < 1.29 is 4.79 Å². The van der Waals surface area contributed by atoms with Crippen molar-refractivity contribution >= 4 is 22.9 Å². The van der Waals surface area contributed by atoms with Crippen LogP contribution >= 0.6 is 11.3 Å². The SMILES string of the molecule is CCc1cccc(NC(C)C(=O)N2CCc3sccc3C2)c1. The van der Waals surface area contributed by atoms with Gasteiger partial charge in [0.2, 0.25) is 5.91 Å². The molecular weight excluding hydrogens is 292 g/mol. The van der Waals surface area contributed by atoms with Gasteiger partial charge in [-0.25, -0.2) is 0 Å². The molecule has 2 aromatic rings. The van der Waals surface area contributed by atoms with Gasteiger partial charge in [-0.1, -0.05) is 19.1 Å². The fourth-order valence-corrected chi connectivity index (χ4v) is 3.79. The highest BCUT2D eigenvalue weighted by Crippen LogP contribution is 2.24. The molecule has 22 heavy (non-hydrogen) atoms. The van der Waals surface area contributed by atoms with Crippen molar-refractivity contribution in [3.05, 3.63) is 51.7 Å². The number of nitrogens with zero attached hydrogens (tertiary/aromatic N) is 1. The number of hydrogen-bond donors (Lipinski definition) is 1. The third-order valence-corrected chi connectivity index (χ3v) is 5.23. The average molecular weight is 314 g/mol. The maximum absolute atomic E-state index is 12.7. The van der Waals surface area contributed by atoms with Crippen LogP contribution in [0.5, 0.6) is 0 Å². The Kier molecular flexibility index (Phi) is 4.48. The summed E-state index contributed by atoms with van der Waals surface area (Å²) >= 11 is 1.80. The fraction of sp³-hybridized carbons (Fsp3) is 0.389. The summed E-state index contributed by atoms with van der Waals surface area (Å²) < 4.78 is 0. The first kappa shape index (κ1) is 15.1. The predicted octanol–water partition coefficient (Wildman–Crippen LogP) is 3.70. The van der Waals surface area contributed by atoms with Crippen LogP contribution in [0.3, 0.4) is 0 Å². The summed E-state index contributed by atoms with van der Waals surface area (Å²) in [6, 6.07) is 10.2. The van der Waals surface area contributed by atoms with Crippen LogP contribution in [0, 0.1) is 0 Å². The Hall–Kier alpha value is -1.81. The molecule has 1 aliphatic rings. The van der Waals surface area contributed by atoms with Gasteiger partial charge in [-0.2, -0.15) is 0 Å². The Labute approximate surface area is 136 Å². The summed E-state index contributed by atoms with van der Waals surface area (Å²) in [5.41, 5.74) is 3.61. The minimum absolute atomic E-state index is 0.179. The zero-order valence-corrected chi connectivity index (χ0v) is 14.0. The van der Waals surface area contributed by atoms with Crippen LogP contribution in [0.25, 0.3) is 0 Å². The van der Waals surface area contributed by atoms with E-state index in [1.54, 1.807) is 11.3 Å². The number of fused-ring (bicyclic) bond motifs is 1. The van der Waals surface area contributed by atoms with E-state index in [1.165, 1.54) is 16.0 Å². The molecular formula is C18H22N2OS. The molecule has 2 heterocycles. The lowest BCUT2D eigenvalue weighted by Crippen LogP contribution is -2.43. The monoisotopic (exact) mass is 314 g/mol. The Morgan fingerprint density at radius 3 is 3.09 bits per heavy atom. The van der Waals surface area contributed by atoms with Gasteiger partial charge >= 0.3 is 0 Å². The molecule has 0 saturated carbocycles. The molecule has 1 aromatic carbocycles. The van der Waals surface area contributed by atoms with Gasteiger partial charge in [0.25, 0.3) is 0 Å². The summed E-state index contributed by atoms with van der Waals surface area (Å²) in [6.07, 6.45) is 1.99. The van der Waals surface area contributed by atoms with Crippen LogP contribution < -0.4 is 5.32 Å². The third kappa shape index (κ3) is 3.17. The number of amides is 1. The standard InChI is InChI=1S/C18H22N2OS/c1-3-14-5-4-6-16(11-14)19-13(2)18(21)20-9-7-17-15(12-20)8-10-22-17/h4-6,8,10-11,13,19H,3,7,9,12H2,1-2H3. The van der Waals surface area contributed by atoms with Gasteiger partial charge in [-0.15, -0.1) is 11.3 Å². The highest BCUT2D eigenvalue weighted by molar-refractivity contribution is 7.10. The number of carbonyl (C=O) groups is 1. The van der Waals surface area contributed by atoms with E-state index in [1.807, 2.05) is 24.0 Å². The molecule has 1 amide bonds. The molecule has 0 bridgehead atoms. The molecule has 0 radical (unpaired) electrons. The zero-order chi connectivity index (χ0) is 15.5. The molecule has 1 aromatic heterocycles. The van der Waals surface area contributed by atoms with E-state index in [9.17, 15) is 4.79 Å². The summed E-state index contributed by atoms with van der Waals surface area (Å²) in [6.45, 7) is 5.66. The Bertz CT molecular complexity index is 665. The molecule has 3 nitrogen and oxygen atoms in total. The van der Waals surface area contributed by atoms with Crippen LogP contribution in [0.2, 0.25) is 0 Å². The predicted molar refractivity (Wildman–Crippen MR) is 92.3 cm³/mol. The normalized spacial score (nSPS) is 15.3. The van der Waals surface area contributed by atoms with E-state index >= 15 is 0 Å². The van der Waals surface area contributed by atoms with Crippen LogP contribution in [-0.4, -0.2) is 23.4 Å². The molecule has 1 N–H and O–H groups in total. The molecule has 0 aliphatic carbocycles. The van der Waals surface area contributed by atoms with Gasteiger partial charge < -0.3 is 10.2 Å². The van der Waals surface area contributed by atoms with E-state index in [0.717, 1.165) is 31.6 Å². The molecule has 0 spiro atoms. The summed E-state index contributed by atoms with van der Waals surface area (Å²) in [7, 11) is 0. The van der Waals surface area contributed by atoms with E-state index < -0.39 is 0 Å². The van der Waals surface area contributed by atoms with Gasteiger partial charge in [0.15, 0.2) is 0 Å². The zero-order valence-electron chi connectivity index (χ0n) is 13.1. The smallest absolute Gasteiger partial charge is 0.245 e. The lowest BCUT2D eigenvalue weighted by molar-refractivity contribution is -0.132. The van der Waals surface area contributed by atoms with Crippen LogP contribution in [-0.2, 0) is 24.2 Å². The minimum atomic E-state index is -0.202. The first-order valence-corrected chi connectivity index (χ1v) is 8.75. The van der Waals surface area contributed by atoms with Gasteiger partial charge in [0.1, 0.15) is 6.04 Å². The molecule has 1 aliphatic heterocycles. The number of rotatable bonds is 4. The second-order valence-corrected chi connectivity index (χ2v) is 6.80. The lowest BCUT2D eigenvalue weighted by Gasteiger charge is -2.30. The number of benzene rings is 1. The van der Waals surface area contributed by atoms with Gasteiger partial charge in [0, 0.05) is 23.7 Å². The van der Waals surface area contributed by atoms with E-state index in [4.69, 9.17) is 0 Å². The number of thiophene rings is 1. The number of nitrogens with one attached hydrogen (secondary N) is 1. The van der Waals surface area contributed by atoms with Crippen LogP contribution in [0.15, 0.2) is 35.7 Å². The number of hydrogen-bond acceptors (Lipinski definition) is 3. The highest BCUT2D eigenvalue weighted by atomic mass is 32.1. The quantitative estimate of drug-likeness (QED) is 0.933. The van der Waals surface area contributed by atoms with E-state index in [0.29, 0.717) is 0 Å². The molecule has 116 valence electrons. The van der Waals surface area contributed by atoms with Crippen molar-refractivity contribution in [1.29, 1.82) is 0 Å². The fourth-order valence-electron chi connectivity index (χ4n) is 2.90. The summed E-state index contributed by atoms with van der Waals surface area (Å²) in [5.74, 6) is 0.179. The Balaban J connectivity index is 1.65.